The molecule has 13 heteroatoms. The smallest absolute Gasteiger partial charge is 0.345 e. The maximum Gasteiger partial charge on any atom is 0.345 e. The van der Waals surface area contributed by atoms with Gasteiger partial charge in [0.2, 0.25) is 0 Å². The molecule has 0 bridgehead atoms. The fourth-order valence-corrected chi connectivity index (χ4v) is 4.83. The lowest BCUT2D eigenvalue weighted by molar-refractivity contribution is 0.0701. The van der Waals surface area contributed by atoms with E-state index < -0.39 is 17.8 Å². The molecule has 186 valence electrons. The molecule has 1 aliphatic rings. The number of carboxylic acids is 1. The number of piperazine rings is 1. The molecule has 12 nitrogen and oxygen atoms in total. The van der Waals surface area contributed by atoms with Crippen molar-refractivity contribution in [3.8, 4) is 0 Å². The number of aryl methyl sites for hydroxylation is 1. The molecule has 36 heavy (non-hydrogen) atoms. The zero-order valence-corrected chi connectivity index (χ0v) is 20.3. The van der Waals surface area contributed by atoms with Crippen molar-refractivity contribution in [2.24, 2.45) is 0 Å². The van der Waals surface area contributed by atoms with E-state index in [1.807, 2.05) is 6.07 Å². The fourth-order valence-electron chi connectivity index (χ4n) is 3.99. The minimum Gasteiger partial charge on any atom is -0.477 e. The predicted molar refractivity (Wildman–Crippen MR) is 134 cm³/mol. The van der Waals surface area contributed by atoms with Crippen LogP contribution in [0.25, 0.3) is 10.2 Å². The largest absolute Gasteiger partial charge is 0.477 e. The molecule has 0 aliphatic carbocycles. The van der Waals surface area contributed by atoms with Crippen molar-refractivity contribution >= 4 is 56.5 Å². The molecular weight excluding hydrogens is 486 g/mol. The number of hydrogen-bond donors (Lipinski definition) is 4. The highest BCUT2D eigenvalue weighted by molar-refractivity contribution is 7.20. The topological polar surface area (TPSA) is 157 Å². The van der Waals surface area contributed by atoms with Crippen LogP contribution < -0.4 is 15.5 Å². The van der Waals surface area contributed by atoms with Gasteiger partial charge in [0.1, 0.15) is 26.8 Å². The molecule has 1 saturated heterocycles. The lowest BCUT2D eigenvalue weighted by atomic mass is 10.1. The maximum absolute atomic E-state index is 13.3. The van der Waals surface area contributed by atoms with Crippen LogP contribution in [0, 0.1) is 6.92 Å². The zero-order chi connectivity index (χ0) is 25.4. The van der Waals surface area contributed by atoms with Gasteiger partial charge in [-0.2, -0.15) is 5.10 Å². The molecule has 0 atom stereocenters. The van der Waals surface area contributed by atoms with Crippen molar-refractivity contribution in [1.82, 2.24) is 20.3 Å². The summed E-state index contributed by atoms with van der Waals surface area (Å²) in [6, 6.07) is 6.73. The number of carboxylic acid groups (broad SMARTS) is 1. The lowest BCUT2D eigenvalue weighted by Crippen LogP contribution is -2.44. The fraction of sp³-hybridized carbons (Fsp3) is 0.261. The van der Waals surface area contributed by atoms with Crippen LogP contribution in [0.2, 0.25) is 0 Å². The van der Waals surface area contributed by atoms with E-state index in [2.05, 4.69) is 42.8 Å². The number of nitrogens with one attached hydrogen (secondary N) is 3. The Morgan fingerprint density at radius 2 is 1.83 bits per heavy atom. The van der Waals surface area contributed by atoms with Crippen molar-refractivity contribution in [2.75, 3.05) is 48.8 Å². The third-order valence-electron chi connectivity index (χ3n) is 6.06. The van der Waals surface area contributed by atoms with Crippen LogP contribution >= 0.6 is 11.3 Å². The van der Waals surface area contributed by atoms with Gasteiger partial charge >= 0.3 is 5.97 Å². The highest BCUT2D eigenvalue weighted by Gasteiger charge is 2.22. The highest BCUT2D eigenvalue weighted by Crippen LogP contribution is 2.31. The average molecular weight is 510 g/mol. The maximum atomic E-state index is 13.3. The molecule has 1 aliphatic heterocycles. The Balaban J connectivity index is 1.46. The number of amides is 2. The molecule has 4 heterocycles. The number of anilines is 3. The van der Waals surface area contributed by atoms with E-state index in [0.29, 0.717) is 21.7 Å². The molecule has 1 fully saturated rings. The van der Waals surface area contributed by atoms with E-state index in [1.165, 1.54) is 12.3 Å². The van der Waals surface area contributed by atoms with Crippen molar-refractivity contribution in [3.63, 3.8) is 0 Å². The first-order chi connectivity index (χ1) is 17.3. The number of hydrogen-bond acceptors (Lipinski definition) is 9. The second-order valence-electron chi connectivity index (χ2n) is 8.46. The van der Waals surface area contributed by atoms with Crippen molar-refractivity contribution in [1.29, 1.82) is 0 Å². The molecule has 4 aromatic rings. The Morgan fingerprint density at radius 1 is 1.08 bits per heavy atom. The van der Waals surface area contributed by atoms with E-state index in [9.17, 15) is 19.5 Å². The van der Waals surface area contributed by atoms with Crippen LogP contribution in [-0.4, -0.2) is 76.4 Å². The Morgan fingerprint density at radius 3 is 2.53 bits per heavy atom. The first-order valence-electron chi connectivity index (χ1n) is 11.1. The first-order valence-corrected chi connectivity index (χ1v) is 11.9. The molecule has 1 aromatic carbocycles. The number of fused-ring (bicyclic) bond motifs is 1. The van der Waals surface area contributed by atoms with Crippen LogP contribution in [0.4, 0.5) is 17.2 Å². The number of nitrogens with zero attached hydrogens (tertiary/aromatic N) is 4. The Labute approximate surface area is 208 Å². The molecular formula is C23H23N7O5S. The number of benzene rings is 1. The Bertz CT molecular complexity index is 1460. The SMILES string of the molecule is Cc1oncc1C(=O)Nc1cc(N2CCN(C)CC2)ccc1C(=O)Nc1[nH]nc2sc(C(=O)O)cc12. The van der Waals surface area contributed by atoms with Crippen LogP contribution in [0.3, 0.4) is 0 Å². The van der Waals surface area contributed by atoms with E-state index in [-0.39, 0.29) is 21.8 Å². The normalized spacial score (nSPS) is 14.2. The monoisotopic (exact) mass is 509 g/mol. The van der Waals surface area contributed by atoms with Crippen LogP contribution in [0.15, 0.2) is 35.0 Å². The number of aromatic carboxylic acids is 1. The summed E-state index contributed by atoms with van der Waals surface area (Å²) >= 11 is 1.00. The first kappa shape index (κ1) is 23.5. The number of H-pyrrole nitrogens is 1. The predicted octanol–water partition coefficient (Wildman–Crippen LogP) is 2.88. The van der Waals surface area contributed by atoms with Crippen molar-refractivity contribution < 1.29 is 24.0 Å². The number of aromatic amines is 1. The van der Waals surface area contributed by atoms with E-state index >= 15 is 0 Å². The van der Waals surface area contributed by atoms with Gasteiger partial charge in [0.25, 0.3) is 11.8 Å². The van der Waals surface area contributed by atoms with Gasteiger partial charge in [-0.15, -0.1) is 11.3 Å². The summed E-state index contributed by atoms with van der Waals surface area (Å²) in [7, 11) is 2.07. The molecule has 0 unspecified atom stereocenters. The minimum absolute atomic E-state index is 0.116. The van der Waals surface area contributed by atoms with Gasteiger partial charge in [0, 0.05) is 31.9 Å². The number of likely N-dealkylation sites (N-methyl/N-ethyl adjacent to an activating group) is 1. The van der Waals surface area contributed by atoms with Gasteiger partial charge in [-0.1, -0.05) is 5.16 Å². The van der Waals surface area contributed by atoms with Crippen LogP contribution in [-0.2, 0) is 0 Å². The third-order valence-corrected chi connectivity index (χ3v) is 7.08. The standard InChI is InChI=1S/C23H23N7O5S/c1-12-16(11-24-35-12)21(32)25-17-9-13(30-7-5-29(2)6-8-30)3-4-14(17)20(31)26-19-15-10-18(23(33)34)36-22(15)28-27-19/h3-4,9-11H,5-8H2,1-2H3,(H,25,32)(H,33,34)(H2,26,27,28,31). The third kappa shape index (κ3) is 4.53. The summed E-state index contributed by atoms with van der Waals surface area (Å²) in [4.78, 5) is 42.5. The van der Waals surface area contributed by atoms with Crippen molar-refractivity contribution in [2.45, 2.75) is 6.92 Å². The molecule has 2 amide bonds. The molecule has 3 aromatic heterocycles. The van der Waals surface area contributed by atoms with E-state index in [4.69, 9.17) is 4.52 Å². The van der Waals surface area contributed by atoms with Crippen LogP contribution in [0.1, 0.15) is 36.1 Å². The number of thiophene rings is 1. The van der Waals surface area contributed by atoms with Gasteiger partial charge < -0.3 is 30.1 Å². The highest BCUT2D eigenvalue weighted by atomic mass is 32.1. The van der Waals surface area contributed by atoms with Crippen molar-refractivity contribution in [3.05, 3.63) is 52.2 Å². The number of aromatic nitrogens is 3. The quantitative estimate of drug-likeness (QED) is 0.307. The molecule has 0 saturated carbocycles. The second kappa shape index (κ2) is 9.43. The molecule has 4 N–H and O–H groups in total. The Hall–Kier alpha value is -4.23. The van der Waals surface area contributed by atoms with E-state index in [0.717, 1.165) is 43.2 Å². The van der Waals surface area contributed by atoms with Gasteiger partial charge in [-0.25, -0.2) is 4.79 Å². The molecule has 5 rings (SSSR count). The summed E-state index contributed by atoms with van der Waals surface area (Å²) < 4.78 is 5.00. The lowest BCUT2D eigenvalue weighted by Gasteiger charge is -2.34. The average Bonchev–Trinajstić information content (AvgIpc) is 3.56. The number of carbonyl (C=O) groups is 3. The minimum atomic E-state index is -1.07. The van der Waals surface area contributed by atoms with Gasteiger partial charge in [-0.3, -0.25) is 14.7 Å². The number of rotatable bonds is 6. The van der Waals surface area contributed by atoms with Gasteiger partial charge in [-0.05, 0) is 38.2 Å². The Kier molecular flexibility index (Phi) is 6.16. The van der Waals surface area contributed by atoms with Gasteiger partial charge in [0.05, 0.1) is 22.8 Å². The summed E-state index contributed by atoms with van der Waals surface area (Å²) in [5.41, 5.74) is 1.69. The summed E-state index contributed by atoms with van der Waals surface area (Å²) in [6.45, 7) is 5.07. The number of carbonyl (C=O) groups excluding carboxylic acids is 2. The zero-order valence-electron chi connectivity index (χ0n) is 19.5. The second-order valence-corrected chi connectivity index (χ2v) is 9.49. The summed E-state index contributed by atoms with van der Waals surface area (Å²) in [5, 5.41) is 25.8. The van der Waals surface area contributed by atoms with Gasteiger partial charge in [0.15, 0.2) is 0 Å². The summed E-state index contributed by atoms with van der Waals surface area (Å²) in [5.74, 6) is -1.38. The summed E-state index contributed by atoms with van der Waals surface area (Å²) in [6.07, 6.45) is 1.33. The van der Waals surface area contributed by atoms with Crippen LogP contribution in [0.5, 0.6) is 0 Å². The molecule has 0 radical (unpaired) electrons. The molecule has 0 spiro atoms. The van der Waals surface area contributed by atoms with E-state index in [1.54, 1.807) is 19.1 Å².